The molecule has 1 fully saturated rings. The lowest BCUT2D eigenvalue weighted by molar-refractivity contribution is 0.0945. The van der Waals surface area contributed by atoms with Crippen LogP contribution >= 0.6 is 0 Å². The molecule has 0 bridgehead atoms. The van der Waals surface area contributed by atoms with Crippen LogP contribution in [0.5, 0.6) is 0 Å². The van der Waals surface area contributed by atoms with Crippen LogP contribution in [0.25, 0.3) is 0 Å². The van der Waals surface area contributed by atoms with Crippen LogP contribution in [0.2, 0.25) is 0 Å². The number of hydrogen-bond acceptors (Lipinski definition) is 3. The Balaban J connectivity index is 1.55. The monoisotopic (exact) mass is 197 g/mol. The van der Waals surface area contributed by atoms with Crippen molar-refractivity contribution in [2.75, 3.05) is 19.7 Å². The molecule has 2 aliphatic heterocycles. The second-order valence-corrected chi connectivity index (χ2v) is 4.00. The van der Waals surface area contributed by atoms with E-state index in [-0.39, 0.29) is 0 Å². The van der Waals surface area contributed by atoms with E-state index in [2.05, 4.69) is 11.4 Å². The Morgan fingerprint density at radius 1 is 1.21 bits per heavy atom. The molecule has 2 atom stereocenters. The van der Waals surface area contributed by atoms with Crippen LogP contribution in [-0.2, 0) is 9.47 Å². The summed E-state index contributed by atoms with van der Waals surface area (Å²) in [4.78, 5) is 0. The average molecular weight is 197 g/mol. The van der Waals surface area contributed by atoms with E-state index < -0.39 is 0 Å². The molecule has 14 heavy (non-hydrogen) atoms. The summed E-state index contributed by atoms with van der Waals surface area (Å²) in [7, 11) is 0. The van der Waals surface area contributed by atoms with Gasteiger partial charge in [0.25, 0.3) is 0 Å². The second kappa shape index (κ2) is 5.37. The highest BCUT2D eigenvalue weighted by Gasteiger charge is 2.16. The Morgan fingerprint density at radius 3 is 2.86 bits per heavy atom. The van der Waals surface area contributed by atoms with Gasteiger partial charge in [-0.1, -0.05) is 0 Å². The molecule has 0 spiro atoms. The maximum atomic E-state index is 5.53. The lowest BCUT2D eigenvalue weighted by atomic mass is 10.1. The normalized spacial score (nSPS) is 31.7. The number of hydrogen-bond donors (Lipinski definition) is 1. The molecule has 0 radical (unpaired) electrons. The first-order valence-electron chi connectivity index (χ1n) is 5.58. The van der Waals surface area contributed by atoms with Crippen LogP contribution < -0.4 is 5.32 Å². The predicted molar refractivity (Wildman–Crippen MR) is 55.1 cm³/mol. The minimum Gasteiger partial charge on any atom is -0.497 e. The fourth-order valence-corrected chi connectivity index (χ4v) is 1.95. The highest BCUT2D eigenvalue weighted by molar-refractivity contribution is 4.83. The van der Waals surface area contributed by atoms with Crippen LogP contribution in [0.4, 0.5) is 0 Å². The van der Waals surface area contributed by atoms with Gasteiger partial charge in [-0.2, -0.15) is 0 Å². The van der Waals surface area contributed by atoms with E-state index >= 15 is 0 Å². The molecule has 2 aliphatic rings. The molecule has 3 heteroatoms. The Morgan fingerprint density at radius 2 is 2.14 bits per heavy atom. The third kappa shape index (κ3) is 3.00. The highest BCUT2D eigenvalue weighted by atomic mass is 16.5. The van der Waals surface area contributed by atoms with Crippen molar-refractivity contribution in [1.29, 1.82) is 0 Å². The van der Waals surface area contributed by atoms with E-state index in [0.717, 1.165) is 32.5 Å². The van der Waals surface area contributed by atoms with E-state index in [1.165, 1.54) is 12.8 Å². The lowest BCUT2D eigenvalue weighted by Gasteiger charge is -2.20. The molecule has 0 aromatic rings. The van der Waals surface area contributed by atoms with Crippen molar-refractivity contribution in [3.05, 3.63) is 12.3 Å². The van der Waals surface area contributed by atoms with Gasteiger partial charge >= 0.3 is 0 Å². The first-order chi connectivity index (χ1) is 6.95. The van der Waals surface area contributed by atoms with Gasteiger partial charge in [0.05, 0.1) is 12.4 Å². The largest absolute Gasteiger partial charge is 0.497 e. The molecule has 2 heterocycles. The lowest BCUT2D eigenvalue weighted by Crippen LogP contribution is -2.34. The van der Waals surface area contributed by atoms with Crippen molar-refractivity contribution < 1.29 is 9.47 Å². The topological polar surface area (TPSA) is 30.5 Å². The summed E-state index contributed by atoms with van der Waals surface area (Å²) in [5.41, 5.74) is 0. The van der Waals surface area contributed by atoms with E-state index in [9.17, 15) is 0 Å². The zero-order valence-electron chi connectivity index (χ0n) is 8.58. The summed E-state index contributed by atoms with van der Waals surface area (Å²) in [5, 5.41) is 3.41. The minimum atomic E-state index is 0.362. The van der Waals surface area contributed by atoms with Gasteiger partial charge in [0.2, 0.25) is 0 Å². The SMILES string of the molecule is C1=COC(CNCC2CCCO2)CC1. The molecule has 80 valence electrons. The van der Waals surface area contributed by atoms with Crippen LogP contribution in [-0.4, -0.2) is 31.9 Å². The minimum absolute atomic E-state index is 0.362. The standard InChI is InChI=1S/C11H19NO2/c1-2-6-13-10(4-1)8-12-9-11-5-3-7-14-11/h2,6,10-12H,1,3-5,7-9H2. The quantitative estimate of drug-likeness (QED) is 0.740. The zero-order valence-corrected chi connectivity index (χ0v) is 8.58. The first-order valence-corrected chi connectivity index (χ1v) is 5.58. The van der Waals surface area contributed by atoms with Crippen molar-refractivity contribution >= 4 is 0 Å². The van der Waals surface area contributed by atoms with Crippen molar-refractivity contribution in [3.8, 4) is 0 Å². The molecule has 1 N–H and O–H groups in total. The van der Waals surface area contributed by atoms with Gasteiger partial charge in [-0.15, -0.1) is 0 Å². The van der Waals surface area contributed by atoms with Crippen LogP contribution in [0.15, 0.2) is 12.3 Å². The fourth-order valence-electron chi connectivity index (χ4n) is 1.95. The van der Waals surface area contributed by atoms with E-state index in [1.54, 1.807) is 0 Å². The molecule has 0 aromatic carbocycles. The van der Waals surface area contributed by atoms with Gasteiger partial charge in [0.15, 0.2) is 0 Å². The summed E-state index contributed by atoms with van der Waals surface area (Å²) < 4.78 is 11.0. The third-order valence-corrected chi connectivity index (χ3v) is 2.79. The fraction of sp³-hybridized carbons (Fsp3) is 0.818. The summed E-state index contributed by atoms with van der Waals surface area (Å²) in [6.07, 6.45) is 9.41. The molecular weight excluding hydrogens is 178 g/mol. The van der Waals surface area contributed by atoms with Crippen LogP contribution in [0.1, 0.15) is 25.7 Å². The molecule has 0 saturated carbocycles. The molecule has 0 aromatic heterocycles. The summed E-state index contributed by atoms with van der Waals surface area (Å²) in [6.45, 7) is 2.86. The van der Waals surface area contributed by atoms with Gasteiger partial charge in [0, 0.05) is 19.7 Å². The van der Waals surface area contributed by atoms with Crippen LogP contribution in [0, 0.1) is 0 Å². The predicted octanol–water partition coefficient (Wildman–Crippen LogP) is 1.45. The summed E-state index contributed by atoms with van der Waals surface area (Å²) in [5.74, 6) is 0. The molecule has 2 rings (SSSR count). The summed E-state index contributed by atoms with van der Waals surface area (Å²) >= 11 is 0. The molecule has 1 saturated heterocycles. The van der Waals surface area contributed by atoms with Gasteiger partial charge < -0.3 is 14.8 Å². The smallest absolute Gasteiger partial charge is 0.110 e. The molecular formula is C11H19NO2. The van der Waals surface area contributed by atoms with E-state index in [4.69, 9.17) is 9.47 Å². The number of ether oxygens (including phenoxy) is 2. The Kier molecular flexibility index (Phi) is 3.83. The van der Waals surface area contributed by atoms with Crippen LogP contribution in [0.3, 0.4) is 0 Å². The molecule has 0 amide bonds. The zero-order chi connectivity index (χ0) is 9.64. The van der Waals surface area contributed by atoms with Gasteiger partial charge in [-0.25, -0.2) is 0 Å². The van der Waals surface area contributed by atoms with E-state index in [0.29, 0.717) is 12.2 Å². The first kappa shape index (κ1) is 9.99. The Hall–Kier alpha value is -0.540. The second-order valence-electron chi connectivity index (χ2n) is 4.00. The van der Waals surface area contributed by atoms with Gasteiger partial charge in [-0.3, -0.25) is 0 Å². The number of nitrogens with one attached hydrogen (secondary N) is 1. The van der Waals surface area contributed by atoms with Gasteiger partial charge in [-0.05, 0) is 31.8 Å². The van der Waals surface area contributed by atoms with Crippen molar-refractivity contribution in [2.45, 2.75) is 37.9 Å². The van der Waals surface area contributed by atoms with E-state index in [1.807, 2.05) is 6.26 Å². The van der Waals surface area contributed by atoms with Crippen molar-refractivity contribution in [2.24, 2.45) is 0 Å². The highest BCUT2D eigenvalue weighted by Crippen LogP contribution is 2.12. The molecule has 0 aliphatic carbocycles. The molecule has 3 nitrogen and oxygen atoms in total. The third-order valence-electron chi connectivity index (χ3n) is 2.79. The summed E-state index contributed by atoms with van der Waals surface area (Å²) in [6, 6.07) is 0. The number of allylic oxidation sites excluding steroid dienone is 1. The number of rotatable bonds is 4. The Labute approximate surface area is 85.5 Å². The van der Waals surface area contributed by atoms with Gasteiger partial charge in [0.1, 0.15) is 6.10 Å². The average Bonchev–Trinajstić information content (AvgIpc) is 2.72. The maximum Gasteiger partial charge on any atom is 0.110 e. The van der Waals surface area contributed by atoms with Crippen molar-refractivity contribution in [1.82, 2.24) is 5.32 Å². The molecule has 2 unspecified atom stereocenters. The maximum absolute atomic E-state index is 5.53. The Bertz CT molecular complexity index is 188. The van der Waals surface area contributed by atoms with Crippen molar-refractivity contribution in [3.63, 3.8) is 0 Å².